The predicted octanol–water partition coefficient (Wildman–Crippen LogP) is 3.65. The van der Waals surface area contributed by atoms with E-state index in [1.165, 1.54) is 0 Å². The largest absolute Gasteiger partial charge is 0.0883 e. The van der Waals surface area contributed by atoms with Gasteiger partial charge in [0.25, 0.3) is 0 Å². The van der Waals surface area contributed by atoms with Gasteiger partial charge in [0.1, 0.15) is 0 Å². The van der Waals surface area contributed by atoms with Crippen LogP contribution in [0.5, 0.6) is 0 Å². The molecule has 0 bridgehead atoms. The van der Waals surface area contributed by atoms with E-state index in [-0.39, 0.29) is 0 Å². The Morgan fingerprint density at radius 2 is 1.88 bits per heavy atom. The SMILES string of the molecule is CC/C(Cl)=C(\Br)CC. The fourth-order valence-corrected chi connectivity index (χ4v) is 0.798. The normalized spacial score (nSPS) is 13.5. The van der Waals surface area contributed by atoms with E-state index in [1.54, 1.807) is 0 Å². The summed E-state index contributed by atoms with van der Waals surface area (Å²) < 4.78 is 1.13. The van der Waals surface area contributed by atoms with Crippen molar-refractivity contribution < 1.29 is 0 Å². The molecule has 8 heavy (non-hydrogen) atoms. The molecule has 0 radical (unpaired) electrons. The summed E-state index contributed by atoms with van der Waals surface area (Å²) in [7, 11) is 0. The van der Waals surface area contributed by atoms with Crippen LogP contribution in [0.1, 0.15) is 26.7 Å². The van der Waals surface area contributed by atoms with Gasteiger partial charge in [-0.25, -0.2) is 0 Å². The van der Waals surface area contributed by atoms with Crippen LogP contribution in [-0.4, -0.2) is 0 Å². The third-order valence-electron chi connectivity index (χ3n) is 0.915. The Kier molecular flexibility index (Phi) is 4.68. The van der Waals surface area contributed by atoms with Crippen molar-refractivity contribution in [1.29, 1.82) is 0 Å². The number of halogens is 2. The molecule has 0 aliphatic carbocycles. The summed E-state index contributed by atoms with van der Waals surface area (Å²) in [6.45, 7) is 4.11. The Labute approximate surface area is 64.0 Å². The average molecular weight is 198 g/mol. The zero-order chi connectivity index (χ0) is 6.57. The van der Waals surface area contributed by atoms with Crippen LogP contribution in [0.4, 0.5) is 0 Å². The quantitative estimate of drug-likeness (QED) is 0.634. The molecule has 0 saturated carbocycles. The summed E-state index contributed by atoms with van der Waals surface area (Å²) in [5.74, 6) is 0. The molecule has 0 aromatic rings. The Bertz CT molecular complexity index is 84.7. The molecule has 0 nitrogen and oxygen atoms in total. The molecule has 0 N–H and O–H groups in total. The fourth-order valence-electron chi connectivity index (χ4n) is 0.384. The third-order valence-corrected chi connectivity index (χ3v) is 2.68. The van der Waals surface area contributed by atoms with Crippen molar-refractivity contribution in [2.24, 2.45) is 0 Å². The molecule has 0 atom stereocenters. The number of hydrogen-bond donors (Lipinski definition) is 0. The van der Waals surface area contributed by atoms with Crippen LogP contribution in [0.2, 0.25) is 0 Å². The Hall–Kier alpha value is 0.510. The van der Waals surface area contributed by atoms with Crippen LogP contribution in [-0.2, 0) is 0 Å². The van der Waals surface area contributed by atoms with Crippen LogP contribution < -0.4 is 0 Å². The lowest BCUT2D eigenvalue weighted by atomic mass is 10.3. The number of rotatable bonds is 2. The second kappa shape index (κ2) is 4.39. The van der Waals surface area contributed by atoms with Gasteiger partial charge in [0, 0.05) is 9.51 Å². The van der Waals surface area contributed by atoms with Gasteiger partial charge >= 0.3 is 0 Å². The van der Waals surface area contributed by atoms with E-state index in [4.69, 9.17) is 11.6 Å². The van der Waals surface area contributed by atoms with Gasteiger partial charge in [-0.3, -0.25) is 0 Å². The maximum Gasteiger partial charge on any atom is 0.0279 e. The fraction of sp³-hybridized carbons (Fsp3) is 0.667. The second-order valence-electron chi connectivity index (χ2n) is 1.52. The van der Waals surface area contributed by atoms with Crippen molar-refractivity contribution in [3.8, 4) is 0 Å². The summed E-state index contributed by atoms with van der Waals surface area (Å²) in [4.78, 5) is 0. The number of hydrogen-bond acceptors (Lipinski definition) is 0. The van der Waals surface area contributed by atoms with Crippen molar-refractivity contribution in [2.45, 2.75) is 26.7 Å². The van der Waals surface area contributed by atoms with Gasteiger partial charge in [0.05, 0.1) is 0 Å². The first-order valence-corrected chi connectivity index (χ1v) is 3.92. The molecule has 0 amide bonds. The molecule has 0 fully saturated rings. The number of allylic oxidation sites excluding steroid dienone is 2. The van der Waals surface area contributed by atoms with Gasteiger partial charge in [-0.2, -0.15) is 0 Å². The van der Waals surface area contributed by atoms with Crippen LogP contribution in [0.15, 0.2) is 9.51 Å². The maximum absolute atomic E-state index is 5.75. The van der Waals surface area contributed by atoms with E-state index in [0.29, 0.717) is 0 Å². The van der Waals surface area contributed by atoms with Crippen molar-refractivity contribution in [3.63, 3.8) is 0 Å². The highest BCUT2D eigenvalue weighted by Gasteiger charge is 1.93. The monoisotopic (exact) mass is 196 g/mol. The minimum absolute atomic E-state index is 0.927. The second-order valence-corrected chi connectivity index (χ2v) is 2.93. The van der Waals surface area contributed by atoms with Gasteiger partial charge in [0.2, 0.25) is 0 Å². The smallest absolute Gasteiger partial charge is 0.0279 e. The first kappa shape index (κ1) is 8.51. The maximum atomic E-state index is 5.75. The highest BCUT2D eigenvalue weighted by Crippen LogP contribution is 2.20. The van der Waals surface area contributed by atoms with Crippen molar-refractivity contribution in [3.05, 3.63) is 9.51 Å². The van der Waals surface area contributed by atoms with E-state index in [2.05, 4.69) is 22.9 Å². The van der Waals surface area contributed by atoms with Crippen molar-refractivity contribution >= 4 is 27.5 Å². The summed E-state index contributed by atoms with van der Waals surface area (Å²) in [5, 5.41) is 0.938. The lowest BCUT2D eigenvalue weighted by molar-refractivity contribution is 1.12. The summed E-state index contributed by atoms with van der Waals surface area (Å²) in [6.07, 6.45) is 1.92. The van der Waals surface area contributed by atoms with Crippen molar-refractivity contribution in [2.75, 3.05) is 0 Å². The Morgan fingerprint density at radius 3 is 2.00 bits per heavy atom. The van der Waals surface area contributed by atoms with E-state index in [0.717, 1.165) is 22.4 Å². The molecule has 0 spiro atoms. The topological polar surface area (TPSA) is 0 Å². The molecule has 0 unspecified atom stereocenters. The molecule has 48 valence electrons. The minimum Gasteiger partial charge on any atom is -0.0883 e. The molecule has 2 heteroatoms. The van der Waals surface area contributed by atoms with Gasteiger partial charge < -0.3 is 0 Å². The molecule has 0 aromatic carbocycles. The van der Waals surface area contributed by atoms with E-state index in [1.807, 2.05) is 6.92 Å². The van der Waals surface area contributed by atoms with E-state index >= 15 is 0 Å². The Balaban J connectivity index is 3.83. The van der Waals surface area contributed by atoms with Crippen LogP contribution in [0.3, 0.4) is 0 Å². The van der Waals surface area contributed by atoms with Gasteiger partial charge in [0.15, 0.2) is 0 Å². The lowest BCUT2D eigenvalue weighted by Crippen LogP contribution is -1.71. The molecule has 0 aliphatic heterocycles. The molecule has 0 saturated heterocycles. The summed E-state index contributed by atoms with van der Waals surface area (Å²) >= 11 is 9.10. The molecule has 0 aromatic heterocycles. The highest BCUT2D eigenvalue weighted by atomic mass is 79.9. The van der Waals surface area contributed by atoms with E-state index in [9.17, 15) is 0 Å². The average Bonchev–Trinajstić information content (AvgIpc) is 1.84. The molecule has 0 rings (SSSR count). The van der Waals surface area contributed by atoms with Gasteiger partial charge in [-0.1, -0.05) is 41.4 Å². The standard InChI is InChI=1S/C6H10BrCl/c1-3-5(7)6(8)4-2/h3-4H2,1-2H3/b6-5+. The zero-order valence-electron chi connectivity index (χ0n) is 5.17. The summed E-state index contributed by atoms with van der Waals surface area (Å²) in [5.41, 5.74) is 0. The highest BCUT2D eigenvalue weighted by molar-refractivity contribution is 9.11. The van der Waals surface area contributed by atoms with Crippen molar-refractivity contribution in [1.82, 2.24) is 0 Å². The molecular weight excluding hydrogens is 187 g/mol. The molecule has 0 aliphatic rings. The van der Waals surface area contributed by atoms with Gasteiger partial charge in [-0.15, -0.1) is 0 Å². The van der Waals surface area contributed by atoms with E-state index < -0.39 is 0 Å². The lowest BCUT2D eigenvalue weighted by Gasteiger charge is -1.94. The third kappa shape index (κ3) is 2.73. The van der Waals surface area contributed by atoms with Crippen LogP contribution in [0.25, 0.3) is 0 Å². The Morgan fingerprint density at radius 1 is 1.38 bits per heavy atom. The van der Waals surface area contributed by atoms with Crippen LogP contribution >= 0.6 is 27.5 Å². The first-order chi connectivity index (χ1) is 3.72. The summed E-state index contributed by atoms with van der Waals surface area (Å²) in [6, 6.07) is 0. The molecule has 0 heterocycles. The van der Waals surface area contributed by atoms with Crippen LogP contribution in [0, 0.1) is 0 Å². The molecular formula is C6H10BrCl. The predicted molar refractivity (Wildman–Crippen MR) is 42.4 cm³/mol. The van der Waals surface area contributed by atoms with Gasteiger partial charge in [-0.05, 0) is 12.8 Å². The first-order valence-electron chi connectivity index (χ1n) is 2.75. The minimum atomic E-state index is 0.927. The zero-order valence-corrected chi connectivity index (χ0v) is 7.51.